The van der Waals surface area contributed by atoms with Crippen molar-refractivity contribution in [1.82, 2.24) is 0 Å². The number of ether oxygens (including phenoxy) is 1. The number of hydrogen-bond acceptors (Lipinski definition) is 2. The number of hydrogen-bond donors (Lipinski definition) is 0. The van der Waals surface area contributed by atoms with Crippen LogP contribution in [0.5, 0.6) is 0 Å². The van der Waals surface area contributed by atoms with Gasteiger partial charge in [-0.2, -0.15) is 0 Å². The average molecular weight is 90.1 g/mol. The van der Waals surface area contributed by atoms with Crippen molar-refractivity contribution < 1.29 is 4.74 Å². The zero-order valence-corrected chi connectivity index (χ0v) is 3.92. The Morgan fingerprint density at radius 3 is 2.60 bits per heavy atom. The molecule has 0 saturated carbocycles. The summed E-state index contributed by atoms with van der Waals surface area (Å²) in [4.78, 5) is 0. The van der Waals surface area contributed by atoms with Crippen LogP contribution in [0.3, 0.4) is 0 Å². The molecule has 1 heterocycles. The standard InChI is InChI=1S/C3H6OS/c1-5-3-2-4-3/h3H,2H2,1H3. The third-order valence-corrected chi connectivity index (χ3v) is 1.36. The van der Waals surface area contributed by atoms with Gasteiger partial charge < -0.3 is 4.74 Å². The third kappa shape index (κ3) is 0.816. The first-order valence-electron chi connectivity index (χ1n) is 1.58. The average Bonchev–Trinajstić information content (AvgIpc) is 2.12. The lowest BCUT2D eigenvalue weighted by molar-refractivity contribution is 0.460. The Labute approximate surface area is 35.7 Å². The summed E-state index contributed by atoms with van der Waals surface area (Å²) in [5, 5.41) is 0. The topological polar surface area (TPSA) is 12.5 Å². The quantitative estimate of drug-likeness (QED) is 0.439. The Bertz CT molecular complexity index is 33.9. The predicted octanol–water partition coefficient (Wildman–Crippen LogP) is 0.706. The highest BCUT2D eigenvalue weighted by atomic mass is 32.2. The van der Waals surface area contributed by atoms with E-state index in [9.17, 15) is 0 Å². The molecule has 0 radical (unpaired) electrons. The molecule has 1 atom stereocenters. The number of rotatable bonds is 1. The van der Waals surface area contributed by atoms with Gasteiger partial charge in [0.2, 0.25) is 0 Å². The Hall–Kier alpha value is 0.310. The van der Waals surface area contributed by atoms with Gasteiger partial charge in [-0.25, -0.2) is 0 Å². The van der Waals surface area contributed by atoms with Crippen molar-refractivity contribution in [2.75, 3.05) is 12.9 Å². The molecular formula is C3H6OS. The van der Waals surface area contributed by atoms with Crippen LogP contribution in [0.4, 0.5) is 0 Å². The van der Waals surface area contributed by atoms with E-state index in [1.54, 1.807) is 11.8 Å². The van der Waals surface area contributed by atoms with E-state index in [2.05, 4.69) is 6.26 Å². The Morgan fingerprint density at radius 2 is 2.60 bits per heavy atom. The first-order chi connectivity index (χ1) is 2.43. The van der Waals surface area contributed by atoms with Crippen molar-refractivity contribution in [3.63, 3.8) is 0 Å². The van der Waals surface area contributed by atoms with Crippen LogP contribution in [0.25, 0.3) is 0 Å². The van der Waals surface area contributed by atoms with Crippen LogP contribution in [0.1, 0.15) is 0 Å². The van der Waals surface area contributed by atoms with Crippen LogP contribution in [0.15, 0.2) is 0 Å². The highest BCUT2D eigenvalue weighted by molar-refractivity contribution is 7.99. The molecule has 1 nitrogen and oxygen atoms in total. The van der Waals surface area contributed by atoms with E-state index in [4.69, 9.17) is 4.74 Å². The van der Waals surface area contributed by atoms with Crippen LogP contribution >= 0.6 is 11.8 Å². The van der Waals surface area contributed by atoms with E-state index in [1.807, 2.05) is 0 Å². The fourth-order valence-corrected chi connectivity index (χ4v) is 0.526. The van der Waals surface area contributed by atoms with Crippen LogP contribution in [0.2, 0.25) is 0 Å². The minimum Gasteiger partial charge on any atom is -0.362 e. The molecule has 5 heavy (non-hydrogen) atoms. The summed E-state index contributed by atoms with van der Waals surface area (Å²) in [6, 6.07) is 0. The van der Waals surface area contributed by atoms with E-state index in [-0.39, 0.29) is 0 Å². The molecule has 1 aliphatic rings. The molecule has 0 N–H and O–H groups in total. The first-order valence-corrected chi connectivity index (χ1v) is 2.86. The largest absolute Gasteiger partial charge is 0.362 e. The lowest BCUT2D eigenvalue weighted by Gasteiger charge is -1.70. The Kier molecular flexibility index (Phi) is 0.830. The molecule has 0 aliphatic carbocycles. The van der Waals surface area contributed by atoms with Gasteiger partial charge >= 0.3 is 0 Å². The van der Waals surface area contributed by atoms with E-state index < -0.39 is 0 Å². The highest BCUT2D eigenvalue weighted by Crippen LogP contribution is 2.19. The summed E-state index contributed by atoms with van der Waals surface area (Å²) in [5.74, 6) is 0. The van der Waals surface area contributed by atoms with Gasteiger partial charge in [0.05, 0.1) is 6.61 Å². The fraction of sp³-hybridized carbons (Fsp3) is 1.00. The van der Waals surface area contributed by atoms with Gasteiger partial charge in [0.15, 0.2) is 0 Å². The zero-order chi connectivity index (χ0) is 3.70. The van der Waals surface area contributed by atoms with Gasteiger partial charge in [0.1, 0.15) is 5.44 Å². The van der Waals surface area contributed by atoms with E-state index in [0.29, 0.717) is 5.44 Å². The zero-order valence-electron chi connectivity index (χ0n) is 3.10. The maximum absolute atomic E-state index is 4.82. The molecule has 0 spiro atoms. The molecule has 0 aromatic heterocycles. The molecule has 1 rings (SSSR count). The smallest absolute Gasteiger partial charge is 0.126 e. The lowest BCUT2D eigenvalue weighted by atomic mass is 11.0. The highest BCUT2D eigenvalue weighted by Gasteiger charge is 2.19. The van der Waals surface area contributed by atoms with Crippen molar-refractivity contribution in [2.45, 2.75) is 5.44 Å². The van der Waals surface area contributed by atoms with Gasteiger partial charge in [0, 0.05) is 0 Å². The van der Waals surface area contributed by atoms with Crippen LogP contribution < -0.4 is 0 Å². The minimum atomic E-state index is 0.551. The Morgan fingerprint density at radius 1 is 2.00 bits per heavy atom. The molecule has 0 bridgehead atoms. The minimum absolute atomic E-state index is 0.551. The molecule has 1 saturated heterocycles. The summed E-state index contributed by atoms with van der Waals surface area (Å²) >= 11 is 1.77. The van der Waals surface area contributed by atoms with E-state index >= 15 is 0 Å². The molecule has 2 heteroatoms. The number of thioether (sulfide) groups is 1. The van der Waals surface area contributed by atoms with Crippen molar-refractivity contribution in [2.24, 2.45) is 0 Å². The molecule has 1 aliphatic heterocycles. The molecule has 1 fully saturated rings. The summed E-state index contributed by atoms with van der Waals surface area (Å²) < 4.78 is 4.82. The Balaban J connectivity index is 2.00. The van der Waals surface area contributed by atoms with Crippen LogP contribution in [-0.4, -0.2) is 18.3 Å². The first kappa shape index (κ1) is 3.50. The maximum atomic E-state index is 4.82. The predicted molar refractivity (Wildman–Crippen MR) is 23.3 cm³/mol. The molecule has 1 unspecified atom stereocenters. The van der Waals surface area contributed by atoms with Gasteiger partial charge in [0.25, 0.3) is 0 Å². The monoisotopic (exact) mass is 90.0 g/mol. The van der Waals surface area contributed by atoms with Crippen molar-refractivity contribution in [3.8, 4) is 0 Å². The van der Waals surface area contributed by atoms with Gasteiger partial charge in [-0.15, -0.1) is 11.8 Å². The normalized spacial score (nSPS) is 34.2. The van der Waals surface area contributed by atoms with Gasteiger partial charge in [-0.05, 0) is 6.26 Å². The molecule has 0 amide bonds. The van der Waals surface area contributed by atoms with Gasteiger partial charge in [-0.1, -0.05) is 0 Å². The van der Waals surface area contributed by atoms with Crippen LogP contribution in [-0.2, 0) is 4.74 Å². The SMILES string of the molecule is CSC1CO1. The summed E-state index contributed by atoms with van der Waals surface area (Å²) in [6.45, 7) is 0.973. The maximum Gasteiger partial charge on any atom is 0.126 e. The second kappa shape index (κ2) is 1.19. The summed E-state index contributed by atoms with van der Waals surface area (Å²) in [6.07, 6.45) is 2.05. The molecular weight excluding hydrogens is 84.1 g/mol. The van der Waals surface area contributed by atoms with Gasteiger partial charge in [-0.3, -0.25) is 0 Å². The number of epoxide rings is 1. The molecule has 0 aromatic carbocycles. The second-order valence-corrected chi connectivity index (χ2v) is 2.00. The molecule has 0 aromatic rings. The van der Waals surface area contributed by atoms with Crippen LogP contribution in [0, 0.1) is 0 Å². The van der Waals surface area contributed by atoms with Crippen molar-refractivity contribution >= 4 is 11.8 Å². The van der Waals surface area contributed by atoms with E-state index in [0.717, 1.165) is 6.61 Å². The third-order valence-electron chi connectivity index (χ3n) is 0.566. The fourth-order valence-electron chi connectivity index (χ4n) is 0.175. The molecule has 30 valence electrons. The van der Waals surface area contributed by atoms with Crippen molar-refractivity contribution in [3.05, 3.63) is 0 Å². The lowest BCUT2D eigenvalue weighted by Crippen LogP contribution is -1.64. The summed E-state index contributed by atoms with van der Waals surface area (Å²) in [5.41, 5.74) is 0.551. The summed E-state index contributed by atoms with van der Waals surface area (Å²) in [7, 11) is 0. The van der Waals surface area contributed by atoms with Crippen molar-refractivity contribution in [1.29, 1.82) is 0 Å². The second-order valence-electron chi connectivity index (χ2n) is 0.999. The van der Waals surface area contributed by atoms with E-state index in [1.165, 1.54) is 0 Å².